The smallest absolute Gasteiger partial charge is 0.345 e. The Balaban J connectivity index is 2.18. The fraction of sp³-hybridized carbons (Fsp3) is 0.188. The average molecular weight is 289 g/mol. The number of ether oxygens (including phenoxy) is 2. The number of carbonyl (C=O) groups is 1. The zero-order valence-electron chi connectivity index (χ0n) is 11.1. The summed E-state index contributed by atoms with van der Waals surface area (Å²) >= 11 is 6.01. The van der Waals surface area contributed by atoms with Crippen molar-refractivity contribution in [1.82, 2.24) is 0 Å². The zero-order chi connectivity index (χ0) is 14.3. The maximum Gasteiger partial charge on any atom is 0.345 e. The molecule has 0 atom stereocenters. The van der Waals surface area contributed by atoms with Gasteiger partial charge in [-0.05, 0) is 23.8 Å². The molecule has 0 radical (unpaired) electrons. The first-order valence-electron chi connectivity index (χ1n) is 6.27. The molecule has 102 valence electrons. The molecule has 1 aliphatic heterocycles. The quantitative estimate of drug-likeness (QED) is 0.734. The topological polar surface area (TPSA) is 35.5 Å². The lowest BCUT2D eigenvalue weighted by Crippen LogP contribution is -2.39. The van der Waals surface area contributed by atoms with Gasteiger partial charge in [-0.15, -0.1) is 0 Å². The van der Waals surface area contributed by atoms with Crippen LogP contribution in [0.3, 0.4) is 0 Å². The maximum atomic E-state index is 12.2. The minimum absolute atomic E-state index is 0.383. The van der Waals surface area contributed by atoms with Gasteiger partial charge in [-0.25, -0.2) is 4.79 Å². The monoisotopic (exact) mass is 288 g/mol. The Hall–Kier alpha value is -2.00. The van der Waals surface area contributed by atoms with Crippen LogP contribution >= 0.6 is 11.6 Å². The predicted molar refractivity (Wildman–Crippen MR) is 77.0 cm³/mol. The fourth-order valence-corrected chi connectivity index (χ4v) is 2.47. The van der Waals surface area contributed by atoms with E-state index in [1.807, 2.05) is 30.3 Å². The lowest BCUT2D eigenvalue weighted by Gasteiger charge is -2.32. The van der Waals surface area contributed by atoms with E-state index in [1.54, 1.807) is 26.0 Å². The molecular weight excluding hydrogens is 276 g/mol. The fourth-order valence-electron chi connectivity index (χ4n) is 2.28. The van der Waals surface area contributed by atoms with Gasteiger partial charge in [-0.3, -0.25) is 0 Å². The molecule has 2 aromatic carbocycles. The molecule has 0 aromatic heterocycles. The van der Waals surface area contributed by atoms with Gasteiger partial charge in [0.25, 0.3) is 0 Å². The largest absolute Gasteiger partial charge is 0.452 e. The highest BCUT2D eigenvalue weighted by Crippen LogP contribution is 2.38. The van der Waals surface area contributed by atoms with Crippen LogP contribution in [-0.2, 0) is 4.74 Å². The molecule has 0 saturated heterocycles. The van der Waals surface area contributed by atoms with Gasteiger partial charge < -0.3 is 9.47 Å². The molecule has 0 amide bonds. The first-order valence-corrected chi connectivity index (χ1v) is 6.65. The number of halogens is 1. The van der Waals surface area contributed by atoms with E-state index in [-0.39, 0.29) is 5.97 Å². The van der Waals surface area contributed by atoms with Crippen molar-refractivity contribution in [2.24, 2.45) is 0 Å². The van der Waals surface area contributed by atoms with Crippen molar-refractivity contribution in [2.75, 3.05) is 0 Å². The molecule has 3 rings (SSSR count). The second kappa shape index (κ2) is 4.53. The molecule has 3 nitrogen and oxygen atoms in total. The van der Waals surface area contributed by atoms with E-state index in [0.717, 1.165) is 11.1 Å². The van der Waals surface area contributed by atoms with Gasteiger partial charge in [0.1, 0.15) is 11.3 Å². The molecule has 4 heteroatoms. The summed E-state index contributed by atoms with van der Waals surface area (Å²) in [5, 5.41) is 0.616. The first-order chi connectivity index (χ1) is 9.46. The van der Waals surface area contributed by atoms with Crippen LogP contribution in [0.5, 0.6) is 5.75 Å². The van der Waals surface area contributed by atoms with Crippen LogP contribution in [-0.4, -0.2) is 11.8 Å². The molecule has 20 heavy (non-hydrogen) atoms. The normalized spacial score (nSPS) is 16.1. The molecule has 1 aliphatic rings. The summed E-state index contributed by atoms with van der Waals surface area (Å²) in [5.74, 6) is -0.799. The average Bonchev–Trinajstić information content (AvgIpc) is 2.36. The van der Waals surface area contributed by atoms with Crippen LogP contribution in [0.15, 0.2) is 42.5 Å². The Morgan fingerprint density at radius 3 is 2.55 bits per heavy atom. The Morgan fingerprint density at radius 2 is 1.80 bits per heavy atom. The van der Waals surface area contributed by atoms with E-state index in [1.165, 1.54) is 0 Å². The van der Waals surface area contributed by atoms with E-state index in [4.69, 9.17) is 21.1 Å². The second-order valence-electron chi connectivity index (χ2n) is 5.08. The minimum Gasteiger partial charge on any atom is -0.452 e. The van der Waals surface area contributed by atoms with E-state index < -0.39 is 5.79 Å². The number of benzene rings is 2. The van der Waals surface area contributed by atoms with Gasteiger partial charge in [-0.2, -0.15) is 0 Å². The van der Waals surface area contributed by atoms with Gasteiger partial charge in [0.15, 0.2) is 0 Å². The van der Waals surface area contributed by atoms with Crippen LogP contribution in [0.4, 0.5) is 0 Å². The molecule has 0 saturated carbocycles. The molecule has 2 aromatic rings. The minimum atomic E-state index is -0.947. The van der Waals surface area contributed by atoms with E-state index in [0.29, 0.717) is 16.3 Å². The Kier molecular flexibility index (Phi) is 2.94. The Labute approximate surface area is 122 Å². The predicted octanol–water partition coefficient (Wildman–Crippen LogP) is 4.29. The third kappa shape index (κ3) is 2.25. The molecule has 0 spiro atoms. The third-order valence-electron chi connectivity index (χ3n) is 3.06. The van der Waals surface area contributed by atoms with Gasteiger partial charge in [-0.1, -0.05) is 35.9 Å². The van der Waals surface area contributed by atoms with E-state index in [9.17, 15) is 4.79 Å². The summed E-state index contributed by atoms with van der Waals surface area (Å²) in [7, 11) is 0. The van der Waals surface area contributed by atoms with E-state index >= 15 is 0 Å². The second-order valence-corrected chi connectivity index (χ2v) is 5.52. The van der Waals surface area contributed by atoms with Crippen molar-refractivity contribution >= 4 is 17.6 Å². The van der Waals surface area contributed by atoms with Crippen molar-refractivity contribution < 1.29 is 14.3 Å². The summed E-state index contributed by atoms with van der Waals surface area (Å²) < 4.78 is 11.0. The number of rotatable bonds is 1. The van der Waals surface area contributed by atoms with Crippen molar-refractivity contribution in [3.05, 3.63) is 53.1 Å². The SMILES string of the molecule is CC1(C)OC(=O)c2c(cccc2-c2cccc(Cl)c2)O1. The molecule has 0 N–H and O–H groups in total. The lowest BCUT2D eigenvalue weighted by atomic mass is 9.98. The number of hydrogen-bond donors (Lipinski definition) is 0. The van der Waals surface area contributed by atoms with Crippen LogP contribution in [0, 0.1) is 0 Å². The summed E-state index contributed by atoms with van der Waals surface area (Å²) in [4.78, 5) is 12.2. The van der Waals surface area contributed by atoms with Crippen LogP contribution in [0.1, 0.15) is 24.2 Å². The molecule has 0 unspecified atom stereocenters. The third-order valence-corrected chi connectivity index (χ3v) is 3.30. The zero-order valence-corrected chi connectivity index (χ0v) is 11.9. The molecule has 0 aliphatic carbocycles. The van der Waals surface area contributed by atoms with Crippen LogP contribution in [0.25, 0.3) is 11.1 Å². The van der Waals surface area contributed by atoms with E-state index in [2.05, 4.69) is 0 Å². The standard InChI is InChI=1S/C16H13ClO3/c1-16(2)19-13-8-4-7-12(14(13)15(18)20-16)10-5-3-6-11(17)9-10/h3-9H,1-2H3. The highest BCUT2D eigenvalue weighted by Gasteiger charge is 2.35. The van der Waals surface area contributed by atoms with Crippen molar-refractivity contribution in [3.8, 4) is 16.9 Å². The maximum absolute atomic E-state index is 12.2. The molecular formula is C16H13ClO3. The van der Waals surface area contributed by atoms with Gasteiger partial charge in [0, 0.05) is 24.4 Å². The summed E-state index contributed by atoms with van der Waals surface area (Å²) in [6.07, 6.45) is 0. The highest BCUT2D eigenvalue weighted by atomic mass is 35.5. The van der Waals surface area contributed by atoms with Gasteiger partial charge in [0.05, 0.1) is 0 Å². The highest BCUT2D eigenvalue weighted by molar-refractivity contribution is 6.30. The van der Waals surface area contributed by atoms with Crippen molar-refractivity contribution in [3.63, 3.8) is 0 Å². The van der Waals surface area contributed by atoms with Crippen LogP contribution in [0.2, 0.25) is 5.02 Å². The van der Waals surface area contributed by atoms with Crippen LogP contribution < -0.4 is 4.74 Å². The lowest BCUT2D eigenvalue weighted by molar-refractivity contribution is -0.127. The number of carbonyl (C=O) groups excluding carboxylic acids is 1. The number of cyclic esters (lactones) is 1. The van der Waals surface area contributed by atoms with Crippen molar-refractivity contribution in [2.45, 2.75) is 19.6 Å². The first kappa shape index (κ1) is 13.0. The summed E-state index contributed by atoms with van der Waals surface area (Å²) in [6.45, 7) is 3.42. The Bertz CT molecular complexity index is 692. The Morgan fingerprint density at radius 1 is 1.05 bits per heavy atom. The summed E-state index contributed by atoms with van der Waals surface area (Å²) in [5.41, 5.74) is 2.05. The number of fused-ring (bicyclic) bond motifs is 1. The summed E-state index contributed by atoms with van der Waals surface area (Å²) in [6, 6.07) is 12.8. The number of esters is 1. The molecule has 1 heterocycles. The van der Waals surface area contributed by atoms with Gasteiger partial charge in [0.2, 0.25) is 5.79 Å². The molecule has 0 bridgehead atoms. The number of hydrogen-bond acceptors (Lipinski definition) is 3. The van der Waals surface area contributed by atoms with Crippen molar-refractivity contribution in [1.29, 1.82) is 0 Å². The van der Waals surface area contributed by atoms with Gasteiger partial charge >= 0.3 is 5.97 Å². The molecule has 0 fully saturated rings.